The summed E-state index contributed by atoms with van der Waals surface area (Å²) in [7, 11) is 3.24. The van der Waals surface area contributed by atoms with Crippen molar-refractivity contribution in [1.29, 1.82) is 0 Å². The van der Waals surface area contributed by atoms with Crippen LogP contribution in [0, 0.1) is 11.8 Å². The van der Waals surface area contributed by atoms with Crippen molar-refractivity contribution in [2.45, 2.75) is 39.5 Å². The van der Waals surface area contributed by atoms with E-state index in [1.807, 2.05) is 40.1 Å². The Kier molecular flexibility index (Phi) is 8.84. The predicted molar refractivity (Wildman–Crippen MR) is 143 cm³/mol. The highest BCUT2D eigenvalue weighted by Crippen LogP contribution is 2.32. The number of amides is 2. The van der Waals surface area contributed by atoms with Gasteiger partial charge >= 0.3 is 0 Å². The standard InChI is InChI=1S/C28H39N5O4/c1-5-20(2)18-33(28(35)21-7-6-8-21)19-27(34)32-15-13-31(14-16-32)26-12-11-24(29-30-26)23-10-9-22(36-3)17-25(23)37-4/h9-12,17,20-21H,5-8,13-16,18-19H2,1-4H3. The molecule has 1 saturated carbocycles. The molecule has 2 aliphatic rings. The molecule has 37 heavy (non-hydrogen) atoms. The van der Waals surface area contributed by atoms with Gasteiger partial charge in [-0.15, -0.1) is 10.2 Å². The summed E-state index contributed by atoms with van der Waals surface area (Å²) in [5, 5.41) is 8.88. The number of carbonyl (C=O) groups is 2. The summed E-state index contributed by atoms with van der Waals surface area (Å²) in [6, 6.07) is 9.49. The molecule has 1 aliphatic heterocycles. The number of nitrogens with zero attached hydrogens (tertiary/aromatic N) is 5. The third-order valence-corrected chi connectivity index (χ3v) is 7.61. The van der Waals surface area contributed by atoms with Crippen LogP contribution in [0.1, 0.15) is 39.5 Å². The zero-order valence-electron chi connectivity index (χ0n) is 22.5. The Morgan fingerprint density at radius 1 is 1.05 bits per heavy atom. The average Bonchev–Trinajstić information content (AvgIpc) is 2.91. The maximum Gasteiger partial charge on any atom is 0.242 e. The number of benzene rings is 1. The van der Waals surface area contributed by atoms with Gasteiger partial charge in [0.2, 0.25) is 11.8 Å². The van der Waals surface area contributed by atoms with Gasteiger partial charge in [0.05, 0.1) is 26.5 Å². The van der Waals surface area contributed by atoms with Crippen molar-refractivity contribution in [3.63, 3.8) is 0 Å². The van der Waals surface area contributed by atoms with Gasteiger partial charge in [-0.05, 0) is 43.0 Å². The molecule has 1 atom stereocenters. The van der Waals surface area contributed by atoms with Gasteiger partial charge in [-0.2, -0.15) is 0 Å². The second kappa shape index (κ2) is 12.3. The molecule has 1 unspecified atom stereocenters. The van der Waals surface area contributed by atoms with Crippen molar-refractivity contribution in [3.8, 4) is 22.8 Å². The molecule has 2 aromatic rings. The molecule has 0 spiro atoms. The first kappa shape index (κ1) is 26.7. The number of piperazine rings is 1. The van der Waals surface area contributed by atoms with Gasteiger partial charge < -0.3 is 24.2 Å². The van der Waals surface area contributed by atoms with E-state index in [1.165, 1.54) is 0 Å². The Bertz CT molecular complexity index is 1060. The Morgan fingerprint density at radius 3 is 2.38 bits per heavy atom. The molecule has 0 radical (unpaired) electrons. The minimum absolute atomic E-state index is 0.0312. The molecule has 1 aromatic carbocycles. The van der Waals surface area contributed by atoms with Crippen molar-refractivity contribution in [2.24, 2.45) is 11.8 Å². The summed E-state index contributed by atoms with van der Waals surface area (Å²) >= 11 is 0. The van der Waals surface area contributed by atoms with E-state index in [0.29, 0.717) is 50.1 Å². The van der Waals surface area contributed by atoms with E-state index in [1.54, 1.807) is 14.2 Å². The summed E-state index contributed by atoms with van der Waals surface area (Å²) in [5.41, 5.74) is 1.56. The van der Waals surface area contributed by atoms with Gasteiger partial charge in [-0.3, -0.25) is 9.59 Å². The van der Waals surface area contributed by atoms with E-state index < -0.39 is 0 Å². The lowest BCUT2D eigenvalue weighted by atomic mass is 9.84. The second-order valence-electron chi connectivity index (χ2n) is 10.1. The van der Waals surface area contributed by atoms with Crippen LogP contribution in [0.5, 0.6) is 11.5 Å². The number of anilines is 1. The highest BCUT2D eigenvalue weighted by molar-refractivity contribution is 5.86. The van der Waals surface area contributed by atoms with Gasteiger partial charge in [-0.25, -0.2) is 0 Å². The van der Waals surface area contributed by atoms with E-state index in [0.717, 1.165) is 42.8 Å². The smallest absolute Gasteiger partial charge is 0.242 e. The van der Waals surface area contributed by atoms with Gasteiger partial charge in [0.15, 0.2) is 5.82 Å². The van der Waals surface area contributed by atoms with E-state index >= 15 is 0 Å². The Morgan fingerprint density at radius 2 is 1.81 bits per heavy atom. The molecule has 1 aromatic heterocycles. The first-order valence-electron chi connectivity index (χ1n) is 13.3. The van der Waals surface area contributed by atoms with Gasteiger partial charge in [0.25, 0.3) is 0 Å². The van der Waals surface area contributed by atoms with E-state index in [-0.39, 0.29) is 24.3 Å². The van der Waals surface area contributed by atoms with Gasteiger partial charge in [-0.1, -0.05) is 26.7 Å². The van der Waals surface area contributed by atoms with Crippen molar-refractivity contribution >= 4 is 17.6 Å². The number of hydrogen-bond acceptors (Lipinski definition) is 7. The largest absolute Gasteiger partial charge is 0.497 e. The zero-order chi connectivity index (χ0) is 26.4. The van der Waals surface area contributed by atoms with Gasteiger partial charge in [0, 0.05) is 50.3 Å². The molecule has 2 fully saturated rings. The second-order valence-corrected chi connectivity index (χ2v) is 10.1. The normalized spacial score (nSPS) is 16.6. The summed E-state index contributed by atoms with van der Waals surface area (Å²) in [6.07, 6.45) is 4.01. The summed E-state index contributed by atoms with van der Waals surface area (Å²) < 4.78 is 10.8. The van der Waals surface area contributed by atoms with Crippen LogP contribution in [0.25, 0.3) is 11.3 Å². The fourth-order valence-electron chi connectivity index (χ4n) is 4.75. The zero-order valence-corrected chi connectivity index (χ0v) is 22.5. The lowest BCUT2D eigenvalue weighted by Crippen LogP contribution is -2.53. The van der Waals surface area contributed by atoms with Crippen molar-refractivity contribution in [1.82, 2.24) is 20.0 Å². The van der Waals surface area contributed by atoms with Crippen LogP contribution in [0.15, 0.2) is 30.3 Å². The van der Waals surface area contributed by atoms with Crippen LogP contribution in [0.2, 0.25) is 0 Å². The SMILES string of the molecule is CCC(C)CN(CC(=O)N1CCN(c2ccc(-c3ccc(OC)cc3OC)nn2)CC1)C(=O)C1CCC1. The highest BCUT2D eigenvalue weighted by atomic mass is 16.5. The third kappa shape index (κ3) is 6.32. The van der Waals surface area contributed by atoms with Crippen LogP contribution >= 0.6 is 0 Å². The topological polar surface area (TPSA) is 88.1 Å². The highest BCUT2D eigenvalue weighted by Gasteiger charge is 2.32. The quantitative estimate of drug-likeness (QED) is 0.485. The van der Waals surface area contributed by atoms with Crippen LogP contribution in [-0.4, -0.2) is 85.3 Å². The third-order valence-electron chi connectivity index (χ3n) is 7.61. The molecule has 1 aliphatic carbocycles. The molecule has 0 bridgehead atoms. The number of ether oxygens (including phenoxy) is 2. The molecule has 9 heteroatoms. The minimum atomic E-state index is 0.0312. The van der Waals surface area contributed by atoms with Crippen molar-refractivity contribution in [2.75, 3.05) is 58.4 Å². The number of rotatable bonds is 10. The van der Waals surface area contributed by atoms with E-state index in [2.05, 4.69) is 28.9 Å². The summed E-state index contributed by atoms with van der Waals surface area (Å²) in [6.45, 7) is 7.64. The Labute approximate surface area is 219 Å². The molecule has 0 N–H and O–H groups in total. The molecule has 1 saturated heterocycles. The molecule has 200 valence electrons. The van der Waals surface area contributed by atoms with Crippen molar-refractivity contribution < 1.29 is 19.1 Å². The number of methoxy groups -OCH3 is 2. The van der Waals surface area contributed by atoms with Crippen molar-refractivity contribution in [3.05, 3.63) is 30.3 Å². The summed E-state index contributed by atoms with van der Waals surface area (Å²) in [4.78, 5) is 31.9. The Hall–Kier alpha value is -3.36. The molecular formula is C28H39N5O4. The number of hydrogen-bond donors (Lipinski definition) is 0. The first-order valence-corrected chi connectivity index (χ1v) is 13.3. The van der Waals surface area contributed by atoms with Crippen LogP contribution in [-0.2, 0) is 9.59 Å². The molecule has 2 heterocycles. The maximum absolute atomic E-state index is 13.1. The van der Waals surface area contributed by atoms with Gasteiger partial charge in [0.1, 0.15) is 11.5 Å². The number of aromatic nitrogens is 2. The van der Waals surface area contributed by atoms with E-state index in [4.69, 9.17) is 9.47 Å². The number of carbonyl (C=O) groups excluding carboxylic acids is 2. The fourth-order valence-corrected chi connectivity index (χ4v) is 4.75. The minimum Gasteiger partial charge on any atom is -0.497 e. The maximum atomic E-state index is 13.1. The lowest BCUT2D eigenvalue weighted by molar-refractivity contribution is -0.145. The lowest BCUT2D eigenvalue weighted by Gasteiger charge is -2.37. The van der Waals surface area contributed by atoms with Crippen LogP contribution in [0.4, 0.5) is 5.82 Å². The summed E-state index contributed by atoms with van der Waals surface area (Å²) in [5.74, 6) is 2.84. The Balaban J connectivity index is 1.34. The average molecular weight is 510 g/mol. The van der Waals surface area contributed by atoms with Crippen LogP contribution in [0.3, 0.4) is 0 Å². The van der Waals surface area contributed by atoms with Crippen LogP contribution < -0.4 is 14.4 Å². The molecular weight excluding hydrogens is 470 g/mol. The first-order chi connectivity index (χ1) is 17.9. The molecule has 4 rings (SSSR count). The monoisotopic (exact) mass is 509 g/mol. The molecule has 2 amide bonds. The molecule has 9 nitrogen and oxygen atoms in total. The predicted octanol–water partition coefficient (Wildman–Crippen LogP) is 3.48. The fraction of sp³-hybridized carbons (Fsp3) is 0.571. The van der Waals surface area contributed by atoms with E-state index in [9.17, 15) is 9.59 Å².